The van der Waals surface area contributed by atoms with Crippen LogP contribution < -0.4 is 10.6 Å². The van der Waals surface area contributed by atoms with E-state index >= 15 is 0 Å². The minimum atomic E-state index is 0.642. The second-order valence-corrected chi connectivity index (χ2v) is 4.12. The van der Waals surface area contributed by atoms with E-state index in [2.05, 4.69) is 11.1 Å². The lowest BCUT2D eigenvalue weighted by Crippen LogP contribution is -2.11. The van der Waals surface area contributed by atoms with E-state index in [1.807, 2.05) is 37.1 Å². The van der Waals surface area contributed by atoms with E-state index in [1.54, 1.807) is 18.3 Å². The summed E-state index contributed by atoms with van der Waals surface area (Å²) in [5.41, 5.74) is 9.16. The van der Waals surface area contributed by atoms with Crippen molar-refractivity contribution in [3.8, 4) is 6.07 Å². The maximum atomic E-state index is 8.76. The van der Waals surface area contributed by atoms with Crippen LogP contribution in [0.5, 0.6) is 0 Å². The van der Waals surface area contributed by atoms with Gasteiger partial charge in [-0.25, -0.2) is 4.98 Å². The quantitative estimate of drug-likeness (QED) is 0.873. The summed E-state index contributed by atoms with van der Waals surface area (Å²) in [6.45, 7) is 1.92. The third kappa shape index (κ3) is 2.25. The van der Waals surface area contributed by atoms with Crippen molar-refractivity contribution in [1.29, 1.82) is 5.26 Å². The maximum absolute atomic E-state index is 8.76. The molecule has 0 fully saturated rings. The molecule has 0 aliphatic rings. The largest absolute Gasteiger partial charge is 0.398 e. The lowest BCUT2D eigenvalue weighted by molar-refractivity contribution is 1.12. The summed E-state index contributed by atoms with van der Waals surface area (Å²) in [4.78, 5) is 6.27. The Hall–Kier alpha value is -2.54. The molecule has 0 saturated heterocycles. The number of nitriles is 1. The number of anilines is 3. The van der Waals surface area contributed by atoms with Crippen molar-refractivity contribution >= 4 is 17.2 Å². The van der Waals surface area contributed by atoms with Crippen molar-refractivity contribution in [1.82, 2.24) is 4.98 Å². The molecule has 0 aliphatic carbocycles. The molecule has 0 aliphatic heterocycles. The summed E-state index contributed by atoms with van der Waals surface area (Å²) in [6, 6.07) is 11.3. The van der Waals surface area contributed by atoms with Gasteiger partial charge in [0.05, 0.1) is 11.6 Å². The normalized spacial score (nSPS) is 9.83. The fourth-order valence-corrected chi connectivity index (χ4v) is 1.60. The van der Waals surface area contributed by atoms with E-state index in [0.717, 1.165) is 22.8 Å². The Bertz CT molecular complexity index is 596. The van der Waals surface area contributed by atoms with E-state index in [-0.39, 0.29) is 0 Å². The molecule has 0 unspecified atom stereocenters. The second kappa shape index (κ2) is 4.76. The topological polar surface area (TPSA) is 65.9 Å². The van der Waals surface area contributed by atoms with Gasteiger partial charge >= 0.3 is 0 Å². The monoisotopic (exact) mass is 238 g/mol. The summed E-state index contributed by atoms with van der Waals surface area (Å²) in [5, 5.41) is 8.76. The van der Waals surface area contributed by atoms with Gasteiger partial charge in [-0.1, -0.05) is 0 Å². The Morgan fingerprint density at radius 1 is 1.28 bits per heavy atom. The molecule has 2 N–H and O–H groups in total. The number of aryl methyl sites for hydroxylation is 1. The molecule has 0 atom stereocenters. The Morgan fingerprint density at radius 3 is 2.50 bits per heavy atom. The van der Waals surface area contributed by atoms with E-state index < -0.39 is 0 Å². The van der Waals surface area contributed by atoms with Gasteiger partial charge in [-0.3, -0.25) is 0 Å². The minimum absolute atomic E-state index is 0.642. The maximum Gasteiger partial charge on any atom is 0.134 e. The third-order valence-electron chi connectivity index (χ3n) is 2.86. The first-order valence-corrected chi connectivity index (χ1v) is 5.58. The fraction of sp³-hybridized carbons (Fsp3) is 0.143. The molecule has 1 aromatic heterocycles. The van der Waals surface area contributed by atoms with Crippen LogP contribution in [0.1, 0.15) is 11.1 Å². The van der Waals surface area contributed by atoms with Crippen molar-refractivity contribution in [2.75, 3.05) is 17.7 Å². The van der Waals surface area contributed by atoms with Crippen LogP contribution in [0.15, 0.2) is 36.5 Å². The van der Waals surface area contributed by atoms with Crippen molar-refractivity contribution in [3.05, 3.63) is 47.7 Å². The van der Waals surface area contributed by atoms with Gasteiger partial charge in [-0.2, -0.15) is 5.26 Å². The highest BCUT2D eigenvalue weighted by molar-refractivity contribution is 5.64. The Labute approximate surface area is 106 Å². The van der Waals surface area contributed by atoms with Crippen molar-refractivity contribution in [3.63, 3.8) is 0 Å². The lowest BCUT2D eigenvalue weighted by Gasteiger charge is -2.19. The van der Waals surface area contributed by atoms with Crippen molar-refractivity contribution < 1.29 is 0 Å². The molecular formula is C14H14N4. The third-order valence-corrected chi connectivity index (χ3v) is 2.86. The Morgan fingerprint density at radius 2 is 1.94 bits per heavy atom. The lowest BCUT2D eigenvalue weighted by atomic mass is 10.2. The standard InChI is InChI=1S/C14H14N4/c1-10-9-17-14(7-13(10)16)18(2)12-5-3-11(8-15)4-6-12/h3-7,9H,1-2H3,(H2,16,17). The highest BCUT2D eigenvalue weighted by Gasteiger charge is 2.06. The number of nitrogens with two attached hydrogens (primary N) is 1. The molecule has 2 rings (SSSR count). The molecule has 2 aromatic rings. The van der Waals surface area contributed by atoms with Crippen LogP contribution in [0.4, 0.5) is 17.2 Å². The van der Waals surface area contributed by atoms with Crippen LogP contribution in [0.3, 0.4) is 0 Å². The molecule has 0 radical (unpaired) electrons. The van der Waals surface area contributed by atoms with Gasteiger partial charge in [0.25, 0.3) is 0 Å². The molecule has 0 spiro atoms. The highest BCUT2D eigenvalue weighted by atomic mass is 15.2. The summed E-state index contributed by atoms with van der Waals surface area (Å²) < 4.78 is 0. The molecule has 18 heavy (non-hydrogen) atoms. The Balaban J connectivity index is 2.32. The molecule has 90 valence electrons. The molecule has 1 heterocycles. The first kappa shape index (κ1) is 11.9. The predicted molar refractivity (Wildman–Crippen MR) is 72.6 cm³/mol. The zero-order valence-corrected chi connectivity index (χ0v) is 10.4. The van der Waals surface area contributed by atoms with Gasteiger partial charge in [0, 0.05) is 30.7 Å². The van der Waals surface area contributed by atoms with Crippen LogP contribution in [0.2, 0.25) is 0 Å². The number of hydrogen-bond acceptors (Lipinski definition) is 4. The molecule has 0 bridgehead atoms. The number of nitrogen functional groups attached to an aromatic ring is 1. The SMILES string of the molecule is Cc1cnc(N(C)c2ccc(C#N)cc2)cc1N. The molecule has 0 amide bonds. The van der Waals surface area contributed by atoms with E-state index in [0.29, 0.717) is 5.56 Å². The highest BCUT2D eigenvalue weighted by Crippen LogP contribution is 2.24. The van der Waals surface area contributed by atoms with Gasteiger partial charge in [0.1, 0.15) is 5.82 Å². The summed E-state index contributed by atoms with van der Waals surface area (Å²) in [6.07, 6.45) is 1.75. The minimum Gasteiger partial charge on any atom is -0.398 e. The average Bonchev–Trinajstić information content (AvgIpc) is 2.41. The number of benzene rings is 1. The summed E-state index contributed by atoms with van der Waals surface area (Å²) in [5.74, 6) is 0.780. The molecule has 4 nitrogen and oxygen atoms in total. The summed E-state index contributed by atoms with van der Waals surface area (Å²) in [7, 11) is 1.92. The first-order valence-electron chi connectivity index (χ1n) is 5.58. The van der Waals surface area contributed by atoms with Crippen LogP contribution >= 0.6 is 0 Å². The van der Waals surface area contributed by atoms with Crippen LogP contribution in [-0.4, -0.2) is 12.0 Å². The number of rotatable bonds is 2. The van der Waals surface area contributed by atoms with Crippen molar-refractivity contribution in [2.24, 2.45) is 0 Å². The zero-order chi connectivity index (χ0) is 13.1. The van der Waals surface area contributed by atoms with Gasteiger partial charge < -0.3 is 10.6 Å². The molecular weight excluding hydrogens is 224 g/mol. The molecule has 0 saturated carbocycles. The smallest absolute Gasteiger partial charge is 0.134 e. The first-order chi connectivity index (χ1) is 8.61. The van der Waals surface area contributed by atoms with E-state index in [4.69, 9.17) is 11.0 Å². The van der Waals surface area contributed by atoms with Crippen molar-refractivity contribution in [2.45, 2.75) is 6.92 Å². The van der Waals surface area contributed by atoms with E-state index in [1.165, 1.54) is 0 Å². The molecule has 4 heteroatoms. The molecule has 1 aromatic carbocycles. The van der Waals surface area contributed by atoms with Gasteiger partial charge in [-0.05, 0) is 36.8 Å². The number of hydrogen-bond donors (Lipinski definition) is 1. The Kier molecular flexibility index (Phi) is 3.16. The van der Waals surface area contributed by atoms with Crippen LogP contribution in [0, 0.1) is 18.3 Å². The van der Waals surface area contributed by atoms with Gasteiger partial charge in [0.2, 0.25) is 0 Å². The predicted octanol–water partition coefficient (Wildman–Crippen LogP) is 2.61. The summed E-state index contributed by atoms with van der Waals surface area (Å²) >= 11 is 0. The average molecular weight is 238 g/mol. The number of aromatic nitrogens is 1. The van der Waals surface area contributed by atoms with Gasteiger partial charge in [-0.15, -0.1) is 0 Å². The van der Waals surface area contributed by atoms with E-state index in [9.17, 15) is 0 Å². The number of nitrogens with zero attached hydrogens (tertiary/aromatic N) is 3. The van der Waals surface area contributed by atoms with Crippen LogP contribution in [-0.2, 0) is 0 Å². The van der Waals surface area contributed by atoms with Crippen LogP contribution in [0.25, 0.3) is 0 Å². The number of pyridine rings is 1. The fourth-order valence-electron chi connectivity index (χ4n) is 1.60. The van der Waals surface area contributed by atoms with Gasteiger partial charge in [0.15, 0.2) is 0 Å². The zero-order valence-electron chi connectivity index (χ0n) is 10.4. The second-order valence-electron chi connectivity index (χ2n) is 4.12.